The minimum Gasteiger partial charge on any atom is -0.447 e. The summed E-state index contributed by atoms with van der Waals surface area (Å²) in [6.07, 6.45) is 1.75. The predicted octanol–water partition coefficient (Wildman–Crippen LogP) is 1.44. The number of rotatable bonds is 6. The number of cyclic esters (lactones) is 1. The van der Waals surface area contributed by atoms with Gasteiger partial charge >= 0.3 is 6.09 Å². The highest BCUT2D eigenvalue weighted by atomic mass is 16.6. The first kappa shape index (κ1) is 13.7. The number of allylic oxidation sites excluding steroid dienone is 1. The van der Waals surface area contributed by atoms with E-state index in [1.165, 1.54) is 4.90 Å². The van der Waals surface area contributed by atoms with Crippen LogP contribution in [0.3, 0.4) is 0 Å². The number of carbonyl (C=O) groups excluding carboxylic acids is 2. The van der Waals surface area contributed by atoms with Crippen LogP contribution in [0.15, 0.2) is 12.7 Å². The summed E-state index contributed by atoms with van der Waals surface area (Å²) in [5, 5.41) is 0. The Morgan fingerprint density at radius 3 is 2.88 bits per heavy atom. The predicted molar refractivity (Wildman–Crippen MR) is 62.4 cm³/mol. The number of carbonyl (C=O) groups is 2. The molecule has 0 saturated carbocycles. The van der Waals surface area contributed by atoms with E-state index in [4.69, 9.17) is 9.47 Å². The van der Waals surface area contributed by atoms with Crippen molar-refractivity contribution in [3.05, 3.63) is 12.7 Å². The van der Waals surface area contributed by atoms with Gasteiger partial charge in [-0.25, -0.2) is 9.69 Å². The number of nitrogens with zero attached hydrogens (tertiary/aromatic N) is 1. The molecule has 17 heavy (non-hydrogen) atoms. The van der Waals surface area contributed by atoms with E-state index in [9.17, 15) is 9.59 Å². The van der Waals surface area contributed by atoms with Crippen LogP contribution in [-0.4, -0.2) is 43.8 Å². The molecule has 0 aromatic carbocycles. The van der Waals surface area contributed by atoms with Crippen LogP contribution in [-0.2, 0) is 14.3 Å². The fourth-order valence-electron chi connectivity index (χ4n) is 1.81. The molecule has 1 heterocycles. The lowest BCUT2D eigenvalue weighted by Crippen LogP contribution is -2.39. The molecule has 5 heteroatoms. The lowest BCUT2D eigenvalue weighted by atomic mass is 9.90. The maximum Gasteiger partial charge on any atom is 0.416 e. The van der Waals surface area contributed by atoms with Gasteiger partial charge < -0.3 is 9.47 Å². The highest BCUT2D eigenvalue weighted by Gasteiger charge is 2.34. The van der Waals surface area contributed by atoms with Crippen molar-refractivity contribution < 1.29 is 19.1 Å². The lowest BCUT2D eigenvalue weighted by molar-refractivity contribution is -0.133. The summed E-state index contributed by atoms with van der Waals surface area (Å²) in [6, 6.07) is 0. The van der Waals surface area contributed by atoms with Gasteiger partial charge in [0.05, 0.1) is 6.54 Å². The minimum atomic E-state index is -0.548. The highest BCUT2D eigenvalue weighted by molar-refractivity contribution is 5.94. The number of methoxy groups -OCH3 is 1. The number of imide groups is 1. The van der Waals surface area contributed by atoms with Gasteiger partial charge in [-0.3, -0.25) is 4.79 Å². The van der Waals surface area contributed by atoms with E-state index < -0.39 is 6.09 Å². The van der Waals surface area contributed by atoms with E-state index in [-0.39, 0.29) is 24.3 Å². The molecule has 96 valence electrons. The molecule has 0 radical (unpaired) electrons. The molecular weight excluding hydrogens is 222 g/mol. The Bertz CT molecular complexity index is 303. The van der Waals surface area contributed by atoms with E-state index >= 15 is 0 Å². The average Bonchev–Trinajstić information content (AvgIpc) is 2.75. The fraction of sp³-hybridized carbons (Fsp3) is 0.667. The first-order valence-corrected chi connectivity index (χ1v) is 5.71. The minimum absolute atomic E-state index is 0.00560. The molecule has 1 fully saturated rings. The summed E-state index contributed by atoms with van der Waals surface area (Å²) in [5.74, 6) is -0.471. The molecule has 2 atom stereocenters. The zero-order valence-corrected chi connectivity index (χ0v) is 10.3. The standard InChI is InChI=1S/C12H19NO4/c1-4-9(2)10(5-7-16-3)11(14)13-6-8-17-12(13)15/h4,9-10H,1,5-8H2,2-3H3. The van der Waals surface area contributed by atoms with E-state index in [1.54, 1.807) is 13.2 Å². The second kappa shape index (κ2) is 6.39. The van der Waals surface area contributed by atoms with Crippen LogP contribution in [0, 0.1) is 11.8 Å². The first-order chi connectivity index (χ1) is 8.11. The smallest absolute Gasteiger partial charge is 0.416 e. The highest BCUT2D eigenvalue weighted by Crippen LogP contribution is 2.21. The fourth-order valence-corrected chi connectivity index (χ4v) is 1.81. The molecule has 0 aliphatic carbocycles. The third-order valence-electron chi connectivity index (χ3n) is 2.98. The number of ether oxygens (including phenoxy) is 2. The van der Waals surface area contributed by atoms with Crippen molar-refractivity contribution in [1.29, 1.82) is 0 Å². The van der Waals surface area contributed by atoms with Gasteiger partial charge in [-0.15, -0.1) is 6.58 Å². The lowest BCUT2D eigenvalue weighted by Gasteiger charge is -2.23. The molecule has 0 N–H and O–H groups in total. The summed E-state index contributed by atoms with van der Waals surface area (Å²) in [4.78, 5) is 24.7. The molecular formula is C12H19NO4. The van der Waals surface area contributed by atoms with Crippen molar-refractivity contribution in [1.82, 2.24) is 4.90 Å². The van der Waals surface area contributed by atoms with E-state index in [0.29, 0.717) is 19.6 Å². The zero-order valence-electron chi connectivity index (χ0n) is 10.3. The van der Waals surface area contributed by atoms with Gasteiger partial charge in [0, 0.05) is 19.6 Å². The Morgan fingerprint density at radius 2 is 2.41 bits per heavy atom. The topological polar surface area (TPSA) is 55.8 Å². The number of hydrogen-bond acceptors (Lipinski definition) is 4. The molecule has 1 rings (SSSR count). The van der Waals surface area contributed by atoms with Crippen molar-refractivity contribution in [2.24, 2.45) is 11.8 Å². The normalized spacial score (nSPS) is 18.7. The summed E-state index contributed by atoms with van der Waals surface area (Å²) in [7, 11) is 1.59. The van der Waals surface area contributed by atoms with E-state index in [1.807, 2.05) is 6.92 Å². The summed E-state index contributed by atoms with van der Waals surface area (Å²) in [5.41, 5.74) is 0. The van der Waals surface area contributed by atoms with Crippen molar-refractivity contribution in [3.63, 3.8) is 0 Å². The van der Waals surface area contributed by atoms with Crippen molar-refractivity contribution in [2.75, 3.05) is 26.9 Å². The zero-order chi connectivity index (χ0) is 12.8. The molecule has 1 aliphatic rings. The first-order valence-electron chi connectivity index (χ1n) is 5.71. The van der Waals surface area contributed by atoms with Crippen LogP contribution in [0.2, 0.25) is 0 Å². The van der Waals surface area contributed by atoms with E-state index in [2.05, 4.69) is 6.58 Å². The van der Waals surface area contributed by atoms with Gasteiger partial charge in [0.15, 0.2) is 0 Å². The third kappa shape index (κ3) is 3.30. The Morgan fingerprint density at radius 1 is 1.71 bits per heavy atom. The van der Waals surface area contributed by atoms with Crippen LogP contribution in [0.25, 0.3) is 0 Å². The maximum absolute atomic E-state index is 12.2. The molecule has 1 saturated heterocycles. The number of amides is 2. The SMILES string of the molecule is C=CC(C)C(CCOC)C(=O)N1CCOC1=O. The molecule has 0 aromatic heterocycles. The Hall–Kier alpha value is -1.36. The summed E-state index contributed by atoms with van der Waals surface area (Å²) < 4.78 is 9.75. The molecule has 0 bridgehead atoms. The van der Waals surface area contributed by atoms with Gasteiger partial charge in [0.25, 0.3) is 0 Å². The van der Waals surface area contributed by atoms with Crippen LogP contribution >= 0.6 is 0 Å². The molecule has 0 aromatic rings. The molecule has 1 aliphatic heterocycles. The average molecular weight is 241 g/mol. The summed E-state index contributed by atoms with van der Waals surface area (Å²) in [6.45, 7) is 6.70. The van der Waals surface area contributed by atoms with E-state index in [0.717, 1.165) is 0 Å². The molecule has 2 amide bonds. The van der Waals surface area contributed by atoms with Gasteiger partial charge in [0.2, 0.25) is 5.91 Å². The largest absolute Gasteiger partial charge is 0.447 e. The van der Waals surface area contributed by atoms with Crippen molar-refractivity contribution >= 4 is 12.0 Å². The van der Waals surface area contributed by atoms with Crippen LogP contribution in [0.1, 0.15) is 13.3 Å². The van der Waals surface area contributed by atoms with Crippen molar-refractivity contribution in [3.8, 4) is 0 Å². The summed E-state index contributed by atoms with van der Waals surface area (Å²) >= 11 is 0. The Kier molecular flexibility index (Phi) is 5.15. The monoisotopic (exact) mass is 241 g/mol. The molecule has 2 unspecified atom stereocenters. The van der Waals surface area contributed by atoms with Crippen LogP contribution < -0.4 is 0 Å². The second-order valence-electron chi connectivity index (χ2n) is 4.09. The quantitative estimate of drug-likeness (QED) is 0.660. The van der Waals surface area contributed by atoms with Crippen LogP contribution in [0.5, 0.6) is 0 Å². The Balaban J connectivity index is 2.70. The van der Waals surface area contributed by atoms with Gasteiger partial charge in [-0.05, 0) is 12.3 Å². The van der Waals surface area contributed by atoms with Gasteiger partial charge in [-0.2, -0.15) is 0 Å². The Labute approximate surface area is 101 Å². The molecule has 5 nitrogen and oxygen atoms in total. The van der Waals surface area contributed by atoms with Crippen LogP contribution in [0.4, 0.5) is 4.79 Å². The molecule has 0 spiro atoms. The maximum atomic E-state index is 12.2. The van der Waals surface area contributed by atoms with Gasteiger partial charge in [-0.1, -0.05) is 13.0 Å². The second-order valence-corrected chi connectivity index (χ2v) is 4.09. The number of hydrogen-bond donors (Lipinski definition) is 0. The third-order valence-corrected chi connectivity index (χ3v) is 2.98. The van der Waals surface area contributed by atoms with Gasteiger partial charge in [0.1, 0.15) is 6.61 Å². The van der Waals surface area contributed by atoms with Crippen molar-refractivity contribution in [2.45, 2.75) is 13.3 Å².